The van der Waals surface area contributed by atoms with E-state index >= 15 is 0 Å². The summed E-state index contributed by atoms with van der Waals surface area (Å²) in [4.78, 5) is 211. The average molecular weight is 2120 g/mol. The van der Waals surface area contributed by atoms with Gasteiger partial charge in [-0.25, -0.2) is 0 Å². The van der Waals surface area contributed by atoms with Crippen molar-refractivity contribution in [3.63, 3.8) is 0 Å². The number of fused-ring (bicyclic) bond motifs is 2. The molecule has 4 fully saturated rings. The molecular weight excluding hydrogens is 1940 g/mol. The maximum atomic E-state index is 13.7. The van der Waals surface area contributed by atoms with Crippen LogP contribution in [0.4, 0.5) is 0 Å². The summed E-state index contributed by atoms with van der Waals surface area (Å²) < 4.78 is 0. The van der Waals surface area contributed by atoms with Crippen LogP contribution in [0.15, 0.2) is 48.5 Å². The molecule has 2 aromatic carbocycles. The van der Waals surface area contributed by atoms with Crippen molar-refractivity contribution in [3.8, 4) is 11.5 Å². The molecule has 4 aliphatic rings. The number of carbonyl (C=O) groups is 16. The third-order valence-electron chi connectivity index (χ3n) is 24.7. The second-order valence-electron chi connectivity index (χ2n) is 37.7. The highest BCUT2D eigenvalue weighted by Gasteiger charge is 2.46. The number of nitrogens with two attached hydrogens (primary N) is 2. The lowest BCUT2D eigenvalue weighted by molar-refractivity contribution is -0.144. The third kappa shape index (κ3) is 56.3. The number of carbonyl (C=O) groups excluding carboxylic acids is 16. The first-order valence-electron chi connectivity index (χ1n) is 50.4. The molecule has 48 nitrogen and oxygen atoms in total. The lowest BCUT2D eigenvalue weighted by Gasteiger charge is -2.29. The van der Waals surface area contributed by atoms with Crippen LogP contribution in [0.5, 0.6) is 11.5 Å². The quantitative estimate of drug-likeness (QED) is 0.0297. The fourth-order valence-electron chi connectivity index (χ4n) is 16.7. The van der Waals surface area contributed by atoms with E-state index < -0.39 is 270 Å². The summed E-state index contributed by atoms with van der Waals surface area (Å²) in [7, 11) is 4.00. The Balaban J connectivity index is 0. The number of unbranched alkanes of at least 4 members (excludes halogenated alkanes) is 10. The summed E-state index contributed by atoms with van der Waals surface area (Å²) in [5.74, 6) is -14.3. The molecule has 0 aliphatic carbocycles. The molecule has 4 saturated heterocycles. The van der Waals surface area contributed by atoms with E-state index in [0.717, 1.165) is 112 Å². The minimum absolute atomic E-state index is 0.0246. The van der Waals surface area contributed by atoms with Crippen molar-refractivity contribution in [1.29, 1.82) is 0 Å². The summed E-state index contributed by atoms with van der Waals surface area (Å²) in [6.07, 6.45) is -5.89. The zero-order valence-electron chi connectivity index (χ0n) is 88.3. The average Bonchev–Trinajstić information content (AvgIpc) is 1.61. The number of rotatable bonds is 36. The molecule has 848 valence electrons. The van der Waals surface area contributed by atoms with Gasteiger partial charge in [0.05, 0.1) is 87.7 Å². The smallest absolute Gasteiger partial charge is 0.247 e. The Bertz CT molecular complexity index is 4110. The van der Waals surface area contributed by atoms with E-state index in [9.17, 15) is 148 Å². The highest BCUT2D eigenvalue weighted by Crippen LogP contribution is 2.31. The van der Waals surface area contributed by atoms with E-state index in [4.69, 9.17) is 20.4 Å². The Morgan fingerprint density at radius 3 is 1.07 bits per heavy atom. The number of nitrogens with zero attached hydrogens (tertiary/aromatic N) is 4. The molecule has 22 atom stereocenters. The van der Waals surface area contributed by atoms with Gasteiger partial charge in [-0.05, 0) is 105 Å². The van der Waals surface area contributed by atoms with Crippen molar-refractivity contribution in [2.75, 3.05) is 93.9 Å². The largest absolute Gasteiger partial charge is 0.508 e. The highest BCUT2D eigenvalue weighted by atomic mass is 16.4. The van der Waals surface area contributed by atoms with Crippen molar-refractivity contribution in [2.45, 2.75) is 334 Å². The summed E-state index contributed by atoms with van der Waals surface area (Å²) in [6, 6.07) is 3.86. The Hall–Kier alpha value is -10.7. The highest BCUT2D eigenvalue weighted by molar-refractivity contribution is 5.97. The number of phenols is 2. The normalized spacial score (nSPS) is 23.4. The monoisotopic (exact) mass is 2120 g/mol. The predicted molar refractivity (Wildman–Crippen MR) is 541 cm³/mol. The Morgan fingerprint density at radius 1 is 0.412 bits per heavy atom. The number of Topliss-reactive ketones (excluding diaryl/α,β-unsaturated/α-hetero) is 2. The maximum absolute atomic E-state index is 13.7. The molecule has 4 heterocycles. The van der Waals surface area contributed by atoms with Gasteiger partial charge in [0.15, 0.2) is 24.0 Å². The van der Waals surface area contributed by atoms with E-state index in [1.54, 1.807) is 0 Å². The second-order valence-corrected chi connectivity index (χ2v) is 37.7. The Kier molecular flexibility index (Phi) is 73.1. The van der Waals surface area contributed by atoms with Crippen LogP contribution in [0.3, 0.4) is 0 Å². The van der Waals surface area contributed by atoms with Crippen LogP contribution < -0.4 is 54.0 Å². The zero-order chi connectivity index (χ0) is 113. The van der Waals surface area contributed by atoms with Gasteiger partial charge in [0.25, 0.3) is 0 Å². The van der Waals surface area contributed by atoms with Crippen LogP contribution in [0.2, 0.25) is 0 Å². The van der Waals surface area contributed by atoms with E-state index in [1.165, 1.54) is 115 Å². The second kappa shape index (κ2) is 77.6. The zero-order valence-corrected chi connectivity index (χ0v) is 88.3. The van der Waals surface area contributed by atoms with Crippen LogP contribution in [0.25, 0.3) is 0 Å². The number of hydrogen-bond acceptors (Lipinski definition) is 34. The number of aromatic hydroxyl groups is 2. The van der Waals surface area contributed by atoms with Crippen LogP contribution in [0, 0.1) is 35.5 Å². The maximum Gasteiger partial charge on any atom is 0.247 e. The minimum atomic E-state index is -2.09. The summed E-state index contributed by atoms with van der Waals surface area (Å²) in [5, 5.41) is 196. The van der Waals surface area contributed by atoms with E-state index in [-0.39, 0.29) is 73.2 Å². The van der Waals surface area contributed by atoms with Crippen molar-refractivity contribution in [1.82, 2.24) is 62.1 Å². The number of aliphatic hydroxyl groups is 16. The Morgan fingerprint density at radius 2 is 0.730 bits per heavy atom. The van der Waals surface area contributed by atoms with Gasteiger partial charge in [0, 0.05) is 113 Å². The van der Waals surface area contributed by atoms with Gasteiger partial charge in [0.2, 0.25) is 82.7 Å². The van der Waals surface area contributed by atoms with Gasteiger partial charge in [0.1, 0.15) is 60.1 Å². The van der Waals surface area contributed by atoms with Crippen molar-refractivity contribution < 1.29 is 169 Å². The molecule has 7 unspecified atom stereocenters. The van der Waals surface area contributed by atoms with Crippen LogP contribution in [0.1, 0.15) is 260 Å². The number of nitrogens with one attached hydrogen (secondary N) is 8. The predicted octanol–water partition coefficient (Wildman–Crippen LogP) is -3.30. The van der Waals surface area contributed by atoms with Gasteiger partial charge >= 0.3 is 0 Å². The molecule has 30 N–H and O–H groups in total. The molecule has 4 aliphatic heterocycles. The standard InChI is InChI=1S/2C46H74N6O14.2C2H5NO.4CH4O/c1-5-27(2)18-28(3)12-10-8-6-7-9-11-13-38(58)49-35-21-37(57)46(66)50-45(65)36-20-33(56)26-52(36)40(60)23-47-43(63)34(42(62)41(61)30-14-16-31(54)17-15-30)19-32(55)25-51(24-29(4)53)39(59)22-48-44(35)64;1-5-27(2)20-28(3)12-10-8-6-7-9-11-13-37(58)49-34-22-36(57)45(65)50-46(66)40-35(56)18-19-52(40)39(60)24-47-43(63)33(42(62)41(61)30-14-16-31(54)17-15-30)21-32(55)26-51(25-29(4)53)38(59)23-48-44(34)64;2*1-2(3)4;4*1-2/h14-17,27-29,33-37,41-42,46,53-54,56-57,61-62,66H,5-13,18-26H2,1-4H3,(H,47,63)(H,48,64)(H,49,58)(H,50,65);14-17,27-29,33-36,40-42,45,53-54,56-57,61-62,65H,5-13,18-26H2,1-4H3,(H,47,63)(H,48,64)(H,49,58)(H,50,66);2*1H3,(H2,3,4);4*2H,1H3/t27?,28?,29-,33?,34+,35+,36+,37-,41?,42+,46-;27?,28?,29-,33+,34+,35+,36-,40+,41?,42+,45-;;;;;;/m11....../s1. The molecule has 0 aromatic heterocycles. The number of aliphatic hydroxyl groups excluding tert-OH is 16. The van der Waals surface area contributed by atoms with Crippen molar-refractivity contribution in [3.05, 3.63) is 59.7 Å². The van der Waals surface area contributed by atoms with Crippen molar-refractivity contribution in [2.24, 2.45) is 47.0 Å². The van der Waals surface area contributed by atoms with Crippen LogP contribution in [-0.4, -0.2) is 385 Å². The number of ketones is 2. The van der Waals surface area contributed by atoms with Gasteiger partial charge in [-0.1, -0.05) is 156 Å². The first-order chi connectivity index (χ1) is 69.9. The topological polar surface area (TPSA) is 799 Å². The summed E-state index contributed by atoms with van der Waals surface area (Å²) >= 11 is 0. The number of β-amino-alcohol motifs (C(OH)–C–C–N with tert-alkyl or cyclic N) is 2. The van der Waals surface area contributed by atoms with Gasteiger partial charge in [-0.3, -0.25) is 76.7 Å². The van der Waals surface area contributed by atoms with Gasteiger partial charge in [-0.2, -0.15) is 0 Å². The molecule has 148 heavy (non-hydrogen) atoms. The van der Waals surface area contributed by atoms with Gasteiger partial charge < -0.3 is 166 Å². The SMILES string of the molecule is CC(N)=O.CC(N)=O.CCC(C)CC(C)CCCCCCCCC(=O)N[C@H]1C[C@@H](O)[C@@H](O)NC(=O)[C@@H]2CC(O)CN2C(=O)CNC(=O)[C@H]([C@H](O)C(O)c2ccc(O)cc2)CC(=O)CN(C[C@@H](C)O)C(=O)CNC1=O.CCC(C)CC(C)CCCCCCCCC(=O)N[C@H]1C[C@@H](O)[C@@H](O)NC(=O)[C@@H]2[C@@H](O)CCN2C(=O)CNC(=O)[C@H]([C@H](O)C(O)c2ccc(O)cc2)CC(=O)CN(C[C@@H](C)O)C(=O)CNC1=O.CO.CO.CO.CO. The molecule has 0 radical (unpaired) electrons. The summed E-state index contributed by atoms with van der Waals surface area (Å²) in [6.45, 7) is 12.7. The molecule has 0 bridgehead atoms. The van der Waals surface area contributed by atoms with E-state index in [0.29, 0.717) is 36.5 Å². The molecule has 0 saturated carbocycles. The first-order valence-corrected chi connectivity index (χ1v) is 50.4. The molecule has 14 amide bonds. The molecule has 48 heteroatoms. The summed E-state index contributed by atoms with van der Waals surface area (Å²) in [5.41, 5.74) is 9.06. The molecular formula is C100H174N14O34. The third-order valence-corrected chi connectivity index (χ3v) is 24.7. The molecule has 6 rings (SSSR count). The minimum Gasteiger partial charge on any atom is -0.508 e. The lowest BCUT2D eigenvalue weighted by Crippen LogP contribution is -2.57. The number of primary amides is 2. The molecule has 2 aromatic rings. The number of hydrogen-bond donors (Lipinski definition) is 28. The Labute approximate surface area is 867 Å². The number of benzene rings is 2. The van der Waals surface area contributed by atoms with Crippen molar-refractivity contribution >= 4 is 94.3 Å². The first kappa shape index (κ1) is 139. The van der Waals surface area contributed by atoms with E-state index in [2.05, 4.69) is 95.5 Å². The van der Waals surface area contributed by atoms with E-state index in [1.807, 2.05) is 0 Å². The molecule has 0 spiro atoms. The fraction of sp³-hybridized carbons (Fsp3) is 0.720. The number of phenolic OH excluding ortho intramolecular Hbond substituents is 2. The lowest BCUT2D eigenvalue weighted by atomic mass is 9.88. The van der Waals surface area contributed by atoms with Crippen LogP contribution >= 0.6 is 0 Å². The fourth-order valence-corrected chi connectivity index (χ4v) is 16.7. The van der Waals surface area contributed by atoms with Gasteiger partial charge in [-0.15, -0.1) is 0 Å². The van der Waals surface area contributed by atoms with Crippen LogP contribution in [-0.2, 0) is 76.7 Å². The number of amides is 14.